The van der Waals surface area contributed by atoms with Crippen LogP contribution < -0.4 is 11.3 Å². The number of nitrogens with two attached hydrogens (primary N) is 1. The molecular formula is C11H22N4O2S. The molecule has 104 valence electrons. The van der Waals surface area contributed by atoms with Crippen molar-refractivity contribution < 1.29 is 8.42 Å². The van der Waals surface area contributed by atoms with Crippen LogP contribution in [0.5, 0.6) is 0 Å². The van der Waals surface area contributed by atoms with E-state index in [1.54, 1.807) is 6.92 Å². The fourth-order valence-corrected chi connectivity index (χ4v) is 2.69. The number of aromatic nitrogens is 2. The van der Waals surface area contributed by atoms with Gasteiger partial charge in [-0.05, 0) is 26.8 Å². The molecule has 1 heterocycles. The molecule has 0 spiro atoms. The van der Waals surface area contributed by atoms with Crippen LogP contribution in [0.15, 0.2) is 6.07 Å². The standard InChI is InChI=1S/C11H22N4O2S/c1-5-15-10(6-8(2)14-15)7-11(13-12)9(3)18(4,16)17/h6,9,11,13H,5,7,12H2,1-4H3. The average Bonchev–Trinajstić information content (AvgIpc) is 2.64. The van der Waals surface area contributed by atoms with Gasteiger partial charge in [-0.3, -0.25) is 16.0 Å². The largest absolute Gasteiger partial charge is 0.271 e. The lowest BCUT2D eigenvalue weighted by Gasteiger charge is -2.22. The highest BCUT2D eigenvalue weighted by molar-refractivity contribution is 7.91. The molecule has 0 bridgehead atoms. The monoisotopic (exact) mass is 274 g/mol. The second kappa shape index (κ2) is 5.81. The van der Waals surface area contributed by atoms with Gasteiger partial charge >= 0.3 is 0 Å². The molecule has 0 aliphatic carbocycles. The van der Waals surface area contributed by atoms with E-state index in [9.17, 15) is 8.42 Å². The number of nitrogens with zero attached hydrogens (tertiary/aromatic N) is 2. The molecule has 0 radical (unpaired) electrons. The third kappa shape index (κ3) is 3.54. The number of hydrazine groups is 1. The Hall–Kier alpha value is -0.920. The van der Waals surface area contributed by atoms with Crippen LogP contribution in [-0.2, 0) is 22.8 Å². The highest BCUT2D eigenvalue weighted by Gasteiger charge is 2.26. The fraction of sp³-hybridized carbons (Fsp3) is 0.727. The smallest absolute Gasteiger partial charge is 0.151 e. The molecule has 1 aromatic rings. The van der Waals surface area contributed by atoms with Crippen molar-refractivity contribution in [3.05, 3.63) is 17.5 Å². The average molecular weight is 274 g/mol. The van der Waals surface area contributed by atoms with Gasteiger partial charge in [0.2, 0.25) is 0 Å². The second-order valence-corrected chi connectivity index (χ2v) is 7.01. The van der Waals surface area contributed by atoms with Crippen molar-refractivity contribution in [1.82, 2.24) is 15.2 Å². The van der Waals surface area contributed by atoms with E-state index in [4.69, 9.17) is 5.84 Å². The minimum absolute atomic E-state index is 0.318. The van der Waals surface area contributed by atoms with Crippen LogP contribution in [-0.4, -0.2) is 35.7 Å². The Morgan fingerprint density at radius 3 is 2.61 bits per heavy atom. The first kappa shape index (κ1) is 15.1. The van der Waals surface area contributed by atoms with E-state index in [0.29, 0.717) is 6.42 Å². The van der Waals surface area contributed by atoms with Crippen LogP contribution in [0.2, 0.25) is 0 Å². The molecule has 2 atom stereocenters. The van der Waals surface area contributed by atoms with Gasteiger partial charge in [0.1, 0.15) is 0 Å². The van der Waals surface area contributed by atoms with Crippen molar-refractivity contribution in [2.24, 2.45) is 5.84 Å². The Bertz CT molecular complexity index is 495. The van der Waals surface area contributed by atoms with Crippen molar-refractivity contribution in [3.63, 3.8) is 0 Å². The topological polar surface area (TPSA) is 90.0 Å². The number of aryl methyl sites for hydroxylation is 2. The predicted octanol–water partition coefficient (Wildman–Crippen LogP) is 0.0189. The molecule has 1 aromatic heterocycles. The maximum atomic E-state index is 11.6. The normalized spacial score (nSPS) is 15.6. The summed E-state index contributed by atoms with van der Waals surface area (Å²) < 4.78 is 25.0. The minimum Gasteiger partial charge on any atom is -0.271 e. The van der Waals surface area contributed by atoms with Crippen LogP contribution in [0.1, 0.15) is 25.2 Å². The molecule has 7 heteroatoms. The molecule has 1 rings (SSSR count). The number of hydrogen-bond donors (Lipinski definition) is 2. The summed E-state index contributed by atoms with van der Waals surface area (Å²) in [7, 11) is -3.12. The van der Waals surface area contributed by atoms with E-state index < -0.39 is 15.1 Å². The lowest BCUT2D eigenvalue weighted by molar-refractivity contribution is 0.476. The zero-order valence-electron chi connectivity index (χ0n) is 11.3. The summed E-state index contributed by atoms with van der Waals surface area (Å²) in [5.74, 6) is 5.47. The number of sulfone groups is 1. The van der Waals surface area contributed by atoms with Crippen molar-refractivity contribution >= 4 is 9.84 Å². The summed E-state index contributed by atoms with van der Waals surface area (Å²) in [5.41, 5.74) is 4.52. The van der Waals surface area contributed by atoms with Gasteiger partial charge in [-0.2, -0.15) is 5.10 Å². The van der Waals surface area contributed by atoms with Gasteiger partial charge in [-0.1, -0.05) is 0 Å². The third-order valence-corrected chi connectivity index (χ3v) is 4.85. The second-order valence-electron chi connectivity index (χ2n) is 4.60. The number of nitrogens with one attached hydrogen (secondary N) is 1. The zero-order chi connectivity index (χ0) is 13.9. The molecule has 0 saturated heterocycles. The first-order chi connectivity index (χ1) is 8.29. The van der Waals surface area contributed by atoms with Gasteiger partial charge in [0, 0.05) is 31.0 Å². The molecule has 0 aliphatic heterocycles. The lowest BCUT2D eigenvalue weighted by atomic mass is 10.1. The summed E-state index contributed by atoms with van der Waals surface area (Å²) in [6.07, 6.45) is 1.77. The van der Waals surface area contributed by atoms with E-state index in [2.05, 4.69) is 10.5 Å². The third-order valence-electron chi connectivity index (χ3n) is 3.17. The molecule has 3 N–H and O–H groups in total. The maximum absolute atomic E-state index is 11.6. The Balaban J connectivity index is 2.92. The quantitative estimate of drug-likeness (QED) is 0.564. The zero-order valence-corrected chi connectivity index (χ0v) is 12.2. The van der Waals surface area contributed by atoms with Crippen molar-refractivity contribution in [2.75, 3.05) is 6.26 Å². The Morgan fingerprint density at radius 2 is 2.17 bits per heavy atom. The molecule has 0 aromatic carbocycles. The Labute approximate surface area is 108 Å². The summed E-state index contributed by atoms with van der Waals surface area (Å²) in [5, 5.41) is 3.80. The van der Waals surface area contributed by atoms with Crippen molar-refractivity contribution in [1.29, 1.82) is 0 Å². The molecule has 0 amide bonds. The highest BCUT2D eigenvalue weighted by atomic mass is 32.2. The molecule has 0 saturated carbocycles. The van der Waals surface area contributed by atoms with E-state index in [1.165, 1.54) is 6.26 Å². The van der Waals surface area contributed by atoms with Gasteiger partial charge in [0.05, 0.1) is 10.9 Å². The molecule has 18 heavy (non-hydrogen) atoms. The van der Waals surface area contributed by atoms with Crippen molar-refractivity contribution in [2.45, 2.75) is 45.0 Å². The maximum Gasteiger partial charge on any atom is 0.151 e. The summed E-state index contributed by atoms with van der Waals surface area (Å²) in [6, 6.07) is 1.64. The molecule has 2 unspecified atom stereocenters. The van der Waals surface area contributed by atoms with Gasteiger partial charge in [0.15, 0.2) is 9.84 Å². The molecule has 0 fully saturated rings. The van der Waals surface area contributed by atoms with Gasteiger partial charge in [0.25, 0.3) is 0 Å². The fourth-order valence-electron chi connectivity index (χ4n) is 1.92. The van der Waals surface area contributed by atoms with E-state index >= 15 is 0 Å². The van der Waals surface area contributed by atoms with Crippen LogP contribution in [0.3, 0.4) is 0 Å². The molecular weight excluding hydrogens is 252 g/mol. The Kier molecular flexibility index (Phi) is 4.89. The first-order valence-electron chi connectivity index (χ1n) is 5.98. The van der Waals surface area contributed by atoms with Crippen LogP contribution in [0.4, 0.5) is 0 Å². The summed E-state index contributed by atoms with van der Waals surface area (Å²) in [4.78, 5) is 0. The van der Waals surface area contributed by atoms with Crippen LogP contribution in [0.25, 0.3) is 0 Å². The van der Waals surface area contributed by atoms with E-state index in [1.807, 2.05) is 24.6 Å². The Morgan fingerprint density at radius 1 is 1.56 bits per heavy atom. The van der Waals surface area contributed by atoms with Gasteiger partial charge < -0.3 is 0 Å². The van der Waals surface area contributed by atoms with Crippen LogP contribution in [0, 0.1) is 6.92 Å². The minimum atomic E-state index is -3.12. The SMILES string of the molecule is CCn1nc(C)cc1CC(NN)C(C)S(C)(=O)=O. The number of rotatable bonds is 6. The highest BCUT2D eigenvalue weighted by Crippen LogP contribution is 2.12. The van der Waals surface area contributed by atoms with E-state index in [0.717, 1.165) is 17.9 Å². The first-order valence-corrected chi connectivity index (χ1v) is 7.93. The van der Waals surface area contributed by atoms with E-state index in [-0.39, 0.29) is 6.04 Å². The van der Waals surface area contributed by atoms with Gasteiger partial charge in [-0.25, -0.2) is 8.42 Å². The van der Waals surface area contributed by atoms with Crippen LogP contribution >= 0.6 is 0 Å². The summed E-state index contributed by atoms with van der Waals surface area (Å²) >= 11 is 0. The number of hydrogen-bond acceptors (Lipinski definition) is 5. The van der Waals surface area contributed by atoms with Gasteiger partial charge in [-0.15, -0.1) is 0 Å². The molecule has 6 nitrogen and oxygen atoms in total. The lowest BCUT2D eigenvalue weighted by Crippen LogP contribution is -2.47. The molecule has 0 aliphatic rings. The van der Waals surface area contributed by atoms with Crippen molar-refractivity contribution in [3.8, 4) is 0 Å². The predicted molar refractivity (Wildman–Crippen MR) is 71.8 cm³/mol. The summed E-state index contributed by atoms with van der Waals surface area (Å²) in [6.45, 7) is 6.34.